The normalized spacial score (nSPS) is 14.3. The van der Waals surface area contributed by atoms with E-state index in [1.807, 2.05) is 6.92 Å². The molecular formula is C22H25F2N3O5S. The first-order valence-corrected chi connectivity index (χ1v) is 11.9. The first-order valence-electron chi connectivity index (χ1n) is 10.5. The van der Waals surface area contributed by atoms with Gasteiger partial charge in [-0.1, -0.05) is 0 Å². The zero-order valence-corrected chi connectivity index (χ0v) is 18.9. The van der Waals surface area contributed by atoms with Crippen LogP contribution >= 0.6 is 0 Å². The maximum atomic E-state index is 13.4. The number of hydrogen-bond donors (Lipinski definition) is 1. The molecule has 1 heterocycles. The van der Waals surface area contributed by atoms with Crippen molar-refractivity contribution in [1.29, 1.82) is 0 Å². The summed E-state index contributed by atoms with van der Waals surface area (Å²) in [5.41, 5.74) is 0.0392. The second kappa shape index (κ2) is 10.7. The summed E-state index contributed by atoms with van der Waals surface area (Å²) in [6.07, 6.45) is -0.0343. The van der Waals surface area contributed by atoms with Crippen molar-refractivity contribution in [2.75, 3.05) is 39.3 Å². The lowest BCUT2D eigenvalue weighted by atomic mass is 10.1. The molecule has 0 bridgehead atoms. The van der Waals surface area contributed by atoms with Crippen molar-refractivity contribution in [1.82, 2.24) is 14.5 Å². The predicted octanol–water partition coefficient (Wildman–Crippen LogP) is 2.02. The first-order chi connectivity index (χ1) is 15.7. The highest BCUT2D eigenvalue weighted by atomic mass is 32.2. The maximum Gasteiger partial charge on any atom is 0.254 e. The summed E-state index contributed by atoms with van der Waals surface area (Å²) in [6, 6.07) is 8.95. The number of sulfonamides is 1. The van der Waals surface area contributed by atoms with Gasteiger partial charge in [0.25, 0.3) is 5.91 Å². The van der Waals surface area contributed by atoms with E-state index >= 15 is 0 Å². The van der Waals surface area contributed by atoms with Gasteiger partial charge in [-0.25, -0.2) is 21.9 Å². The Bertz CT molecular complexity index is 1100. The lowest BCUT2D eigenvalue weighted by molar-refractivity contribution is -0.132. The Hall–Kier alpha value is -3.05. The van der Waals surface area contributed by atoms with Crippen LogP contribution in [0.15, 0.2) is 47.4 Å². The van der Waals surface area contributed by atoms with Crippen LogP contribution in [0.5, 0.6) is 5.75 Å². The lowest BCUT2D eigenvalue weighted by Gasteiger charge is -2.35. The van der Waals surface area contributed by atoms with E-state index in [1.165, 1.54) is 23.1 Å². The number of rotatable bonds is 8. The van der Waals surface area contributed by atoms with Gasteiger partial charge in [-0.3, -0.25) is 9.59 Å². The molecule has 11 heteroatoms. The summed E-state index contributed by atoms with van der Waals surface area (Å²) >= 11 is 0. The molecule has 178 valence electrons. The van der Waals surface area contributed by atoms with Gasteiger partial charge in [0.1, 0.15) is 5.75 Å². The third-order valence-corrected chi connectivity index (χ3v) is 6.64. The molecule has 0 atom stereocenters. The number of carbonyl (C=O) groups is 2. The van der Waals surface area contributed by atoms with Crippen LogP contribution in [0.3, 0.4) is 0 Å². The van der Waals surface area contributed by atoms with Crippen molar-refractivity contribution < 1.29 is 31.5 Å². The van der Waals surface area contributed by atoms with E-state index in [0.717, 1.165) is 12.1 Å². The number of carbonyl (C=O) groups excluding carboxylic acids is 2. The van der Waals surface area contributed by atoms with Crippen LogP contribution in [0.2, 0.25) is 0 Å². The highest BCUT2D eigenvalue weighted by molar-refractivity contribution is 7.89. The minimum Gasteiger partial charge on any atom is -0.494 e. The van der Waals surface area contributed by atoms with Crippen LogP contribution < -0.4 is 9.46 Å². The molecule has 0 aliphatic carbocycles. The Morgan fingerprint density at radius 2 is 1.61 bits per heavy atom. The standard InChI is InChI=1S/C22H25F2N3O5S/c1-2-32-17-4-6-18(7-5-17)33(30,31)25-10-9-21(28)26-11-13-27(14-12-26)22(29)16-3-8-19(23)20(24)15-16/h3-8,15,25H,2,9-14H2,1H3. The van der Waals surface area contributed by atoms with Crippen molar-refractivity contribution in [3.8, 4) is 5.75 Å². The van der Waals surface area contributed by atoms with Gasteiger partial charge in [0.2, 0.25) is 15.9 Å². The fourth-order valence-electron chi connectivity index (χ4n) is 3.39. The highest BCUT2D eigenvalue weighted by Crippen LogP contribution is 2.16. The molecule has 0 saturated carbocycles. The van der Waals surface area contributed by atoms with Crippen molar-refractivity contribution in [3.05, 3.63) is 59.7 Å². The molecular weight excluding hydrogens is 456 g/mol. The fourth-order valence-corrected chi connectivity index (χ4v) is 4.42. The Morgan fingerprint density at radius 1 is 0.970 bits per heavy atom. The molecule has 8 nitrogen and oxygen atoms in total. The zero-order valence-electron chi connectivity index (χ0n) is 18.1. The van der Waals surface area contributed by atoms with Gasteiger partial charge in [0.05, 0.1) is 11.5 Å². The molecule has 2 aromatic carbocycles. The molecule has 0 radical (unpaired) electrons. The Labute approximate surface area is 191 Å². The Kier molecular flexibility index (Phi) is 7.98. The molecule has 1 fully saturated rings. The second-order valence-electron chi connectivity index (χ2n) is 7.35. The summed E-state index contributed by atoms with van der Waals surface area (Å²) in [4.78, 5) is 28.0. The minimum absolute atomic E-state index is 0.0343. The van der Waals surface area contributed by atoms with E-state index < -0.39 is 27.6 Å². The van der Waals surface area contributed by atoms with Crippen LogP contribution in [-0.2, 0) is 14.8 Å². The van der Waals surface area contributed by atoms with Crippen LogP contribution in [0.1, 0.15) is 23.7 Å². The summed E-state index contributed by atoms with van der Waals surface area (Å²) in [7, 11) is -3.76. The van der Waals surface area contributed by atoms with E-state index in [4.69, 9.17) is 4.74 Å². The smallest absolute Gasteiger partial charge is 0.254 e. The molecule has 3 rings (SSSR count). The maximum absolute atomic E-state index is 13.4. The van der Waals surface area contributed by atoms with Gasteiger partial charge in [-0.15, -0.1) is 0 Å². The minimum atomic E-state index is -3.76. The quantitative estimate of drug-likeness (QED) is 0.623. The van der Waals surface area contributed by atoms with Gasteiger partial charge in [-0.2, -0.15) is 0 Å². The van der Waals surface area contributed by atoms with Crippen molar-refractivity contribution in [2.45, 2.75) is 18.2 Å². The van der Waals surface area contributed by atoms with E-state index in [1.54, 1.807) is 17.0 Å². The van der Waals surface area contributed by atoms with Gasteiger partial charge in [-0.05, 0) is 49.4 Å². The number of ether oxygens (including phenoxy) is 1. The van der Waals surface area contributed by atoms with Gasteiger partial charge in [0.15, 0.2) is 11.6 Å². The number of piperazine rings is 1. The molecule has 1 aliphatic heterocycles. The van der Waals surface area contributed by atoms with E-state index in [2.05, 4.69) is 4.72 Å². The molecule has 1 aliphatic rings. The van der Waals surface area contributed by atoms with Crippen molar-refractivity contribution in [3.63, 3.8) is 0 Å². The number of amides is 2. The molecule has 1 saturated heterocycles. The first kappa shape index (κ1) is 24.6. The third kappa shape index (κ3) is 6.26. The largest absolute Gasteiger partial charge is 0.494 e. The van der Waals surface area contributed by atoms with Crippen LogP contribution in [0.4, 0.5) is 8.78 Å². The zero-order chi connectivity index (χ0) is 24.0. The average molecular weight is 482 g/mol. The number of hydrogen-bond acceptors (Lipinski definition) is 5. The van der Waals surface area contributed by atoms with Gasteiger partial charge >= 0.3 is 0 Å². The predicted molar refractivity (Wildman–Crippen MR) is 116 cm³/mol. The number of halogens is 2. The molecule has 0 aromatic heterocycles. The van der Waals surface area contributed by atoms with Crippen LogP contribution in [0.25, 0.3) is 0 Å². The van der Waals surface area contributed by atoms with Gasteiger partial charge in [0, 0.05) is 44.7 Å². The molecule has 1 N–H and O–H groups in total. The van der Waals surface area contributed by atoms with Gasteiger partial charge < -0.3 is 14.5 Å². The average Bonchev–Trinajstić information content (AvgIpc) is 2.81. The summed E-state index contributed by atoms with van der Waals surface area (Å²) in [5.74, 6) is -2.25. The monoisotopic (exact) mass is 481 g/mol. The Morgan fingerprint density at radius 3 is 2.21 bits per heavy atom. The van der Waals surface area contributed by atoms with Crippen molar-refractivity contribution in [2.24, 2.45) is 0 Å². The summed E-state index contributed by atoms with van der Waals surface area (Å²) in [6.45, 7) is 3.23. The SMILES string of the molecule is CCOc1ccc(S(=O)(=O)NCCC(=O)N2CCN(C(=O)c3ccc(F)c(F)c3)CC2)cc1. The molecule has 33 heavy (non-hydrogen) atoms. The van der Waals surface area contributed by atoms with E-state index in [-0.39, 0.29) is 55.5 Å². The fraction of sp³-hybridized carbons (Fsp3) is 0.364. The second-order valence-corrected chi connectivity index (χ2v) is 9.12. The van der Waals surface area contributed by atoms with Crippen LogP contribution in [-0.4, -0.2) is 69.4 Å². The Balaban J connectivity index is 1.46. The molecule has 0 unspecified atom stereocenters. The number of nitrogens with zero attached hydrogens (tertiary/aromatic N) is 2. The van der Waals surface area contributed by atoms with E-state index in [0.29, 0.717) is 12.4 Å². The van der Waals surface area contributed by atoms with Crippen molar-refractivity contribution >= 4 is 21.8 Å². The summed E-state index contributed by atoms with van der Waals surface area (Å²) < 4.78 is 58.9. The molecule has 2 amide bonds. The number of nitrogens with one attached hydrogen (secondary N) is 1. The molecule has 2 aromatic rings. The van der Waals surface area contributed by atoms with Crippen LogP contribution in [0, 0.1) is 11.6 Å². The third-order valence-electron chi connectivity index (χ3n) is 5.16. The molecule has 0 spiro atoms. The number of benzene rings is 2. The topological polar surface area (TPSA) is 96.0 Å². The summed E-state index contributed by atoms with van der Waals surface area (Å²) in [5, 5.41) is 0. The highest BCUT2D eigenvalue weighted by Gasteiger charge is 2.25. The van der Waals surface area contributed by atoms with E-state index in [9.17, 15) is 26.8 Å². The lowest BCUT2D eigenvalue weighted by Crippen LogP contribution is -2.51.